The summed E-state index contributed by atoms with van der Waals surface area (Å²) in [5.74, 6) is 1.57. The molecule has 0 aliphatic heterocycles. The van der Waals surface area contributed by atoms with E-state index in [1.54, 1.807) is 7.11 Å². The number of hydrogen-bond acceptors (Lipinski definition) is 3. The summed E-state index contributed by atoms with van der Waals surface area (Å²) in [4.78, 5) is 8.96. The molecule has 0 bridgehead atoms. The van der Waals surface area contributed by atoms with Crippen molar-refractivity contribution in [2.24, 2.45) is 0 Å². The molecular formula is C13H19ClN2O. The second kappa shape index (κ2) is 5.78. The molecule has 4 heteroatoms. The topological polar surface area (TPSA) is 35.0 Å². The third-order valence-corrected chi connectivity index (χ3v) is 3.56. The van der Waals surface area contributed by atoms with Crippen LogP contribution in [0.3, 0.4) is 0 Å². The SMILES string of the molecule is COCC(C)c1nc(Cl)cc(C2CCCC2)n1. The van der Waals surface area contributed by atoms with Crippen molar-refractivity contribution in [3.8, 4) is 0 Å². The molecule has 1 aromatic rings. The Bertz CT molecular complexity index is 378. The largest absolute Gasteiger partial charge is 0.384 e. The summed E-state index contributed by atoms with van der Waals surface area (Å²) in [6.07, 6.45) is 5.06. The molecule has 2 rings (SSSR count). The summed E-state index contributed by atoms with van der Waals surface area (Å²) in [7, 11) is 1.69. The maximum Gasteiger partial charge on any atom is 0.135 e. The van der Waals surface area contributed by atoms with Crippen LogP contribution < -0.4 is 0 Å². The van der Waals surface area contributed by atoms with Crippen LogP contribution in [0.5, 0.6) is 0 Å². The van der Waals surface area contributed by atoms with E-state index >= 15 is 0 Å². The molecule has 1 heterocycles. The van der Waals surface area contributed by atoms with Crippen LogP contribution in [0.15, 0.2) is 6.07 Å². The zero-order valence-corrected chi connectivity index (χ0v) is 11.2. The van der Waals surface area contributed by atoms with E-state index in [0.717, 1.165) is 11.5 Å². The molecule has 17 heavy (non-hydrogen) atoms. The second-order valence-electron chi connectivity index (χ2n) is 4.81. The summed E-state index contributed by atoms with van der Waals surface area (Å²) in [6, 6.07) is 1.92. The minimum Gasteiger partial charge on any atom is -0.384 e. The highest BCUT2D eigenvalue weighted by atomic mass is 35.5. The van der Waals surface area contributed by atoms with Gasteiger partial charge in [0.2, 0.25) is 0 Å². The molecule has 1 unspecified atom stereocenters. The van der Waals surface area contributed by atoms with Crippen LogP contribution in [-0.4, -0.2) is 23.7 Å². The molecule has 0 saturated heterocycles. The Labute approximate surface area is 108 Å². The summed E-state index contributed by atoms with van der Waals surface area (Å²) in [5.41, 5.74) is 1.11. The monoisotopic (exact) mass is 254 g/mol. The van der Waals surface area contributed by atoms with Gasteiger partial charge in [-0.05, 0) is 18.9 Å². The molecule has 94 valence electrons. The standard InChI is InChI=1S/C13H19ClN2O/c1-9(8-17-2)13-15-11(7-12(14)16-13)10-5-3-4-6-10/h7,9-10H,3-6,8H2,1-2H3. The average Bonchev–Trinajstić information content (AvgIpc) is 2.82. The Morgan fingerprint density at radius 1 is 1.41 bits per heavy atom. The Kier molecular flexibility index (Phi) is 4.35. The molecule has 1 fully saturated rings. The molecular weight excluding hydrogens is 236 g/mol. The number of rotatable bonds is 4. The number of methoxy groups -OCH3 is 1. The first-order chi connectivity index (χ1) is 8.20. The lowest BCUT2D eigenvalue weighted by Gasteiger charge is -2.13. The van der Waals surface area contributed by atoms with Gasteiger partial charge in [-0.15, -0.1) is 0 Å². The van der Waals surface area contributed by atoms with Gasteiger partial charge in [-0.2, -0.15) is 0 Å². The fourth-order valence-corrected chi connectivity index (χ4v) is 2.63. The lowest BCUT2D eigenvalue weighted by atomic mass is 10.0. The Hall–Kier alpha value is -0.670. The minimum absolute atomic E-state index is 0.193. The Morgan fingerprint density at radius 2 is 2.12 bits per heavy atom. The van der Waals surface area contributed by atoms with Gasteiger partial charge < -0.3 is 4.74 Å². The van der Waals surface area contributed by atoms with Gasteiger partial charge in [0, 0.05) is 24.6 Å². The van der Waals surface area contributed by atoms with Gasteiger partial charge in [0.1, 0.15) is 11.0 Å². The summed E-state index contributed by atoms with van der Waals surface area (Å²) >= 11 is 6.08. The molecule has 1 saturated carbocycles. The molecule has 1 aliphatic rings. The molecule has 0 spiro atoms. The van der Waals surface area contributed by atoms with Crippen molar-refractivity contribution in [1.29, 1.82) is 0 Å². The van der Waals surface area contributed by atoms with Crippen molar-refractivity contribution >= 4 is 11.6 Å². The van der Waals surface area contributed by atoms with Gasteiger partial charge in [0.05, 0.1) is 6.61 Å². The summed E-state index contributed by atoms with van der Waals surface area (Å²) in [6.45, 7) is 2.69. The van der Waals surface area contributed by atoms with Crippen molar-refractivity contribution in [3.63, 3.8) is 0 Å². The normalized spacial score (nSPS) is 18.5. The summed E-state index contributed by atoms with van der Waals surface area (Å²) < 4.78 is 5.14. The van der Waals surface area contributed by atoms with Gasteiger partial charge in [-0.3, -0.25) is 0 Å². The van der Waals surface area contributed by atoms with Gasteiger partial charge in [-0.25, -0.2) is 9.97 Å². The first-order valence-corrected chi connectivity index (χ1v) is 6.62. The van der Waals surface area contributed by atoms with E-state index in [-0.39, 0.29) is 5.92 Å². The second-order valence-corrected chi connectivity index (χ2v) is 5.20. The lowest BCUT2D eigenvalue weighted by molar-refractivity contribution is 0.181. The number of ether oxygens (including phenoxy) is 1. The van der Waals surface area contributed by atoms with Crippen LogP contribution in [0.1, 0.15) is 56.0 Å². The lowest BCUT2D eigenvalue weighted by Crippen LogP contribution is -2.10. The van der Waals surface area contributed by atoms with Crippen molar-refractivity contribution < 1.29 is 4.74 Å². The van der Waals surface area contributed by atoms with Crippen molar-refractivity contribution in [2.45, 2.75) is 44.4 Å². The first kappa shape index (κ1) is 12.8. The van der Waals surface area contributed by atoms with Crippen LogP contribution in [0.25, 0.3) is 0 Å². The van der Waals surface area contributed by atoms with Crippen molar-refractivity contribution in [3.05, 3.63) is 22.7 Å². The van der Waals surface area contributed by atoms with E-state index in [4.69, 9.17) is 16.3 Å². The maximum atomic E-state index is 6.08. The predicted octanol–water partition coefficient (Wildman–Crippen LogP) is 3.54. The van der Waals surface area contributed by atoms with Gasteiger partial charge >= 0.3 is 0 Å². The number of halogens is 1. The average molecular weight is 255 g/mol. The van der Waals surface area contributed by atoms with Crippen LogP contribution in [-0.2, 0) is 4.74 Å². The number of aromatic nitrogens is 2. The predicted molar refractivity (Wildman–Crippen MR) is 68.5 cm³/mol. The van der Waals surface area contributed by atoms with Gasteiger partial charge in [0.25, 0.3) is 0 Å². The quantitative estimate of drug-likeness (QED) is 0.771. The zero-order valence-electron chi connectivity index (χ0n) is 10.4. The molecule has 0 amide bonds. The molecule has 0 aromatic carbocycles. The third kappa shape index (κ3) is 3.17. The van der Waals surface area contributed by atoms with E-state index in [9.17, 15) is 0 Å². The molecule has 1 atom stereocenters. The zero-order chi connectivity index (χ0) is 12.3. The molecule has 0 N–H and O–H groups in total. The molecule has 3 nitrogen and oxygen atoms in total. The fourth-order valence-electron chi connectivity index (χ4n) is 2.43. The van der Waals surface area contributed by atoms with Gasteiger partial charge in [0.15, 0.2) is 0 Å². The van der Waals surface area contributed by atoms with Gasteiger partial charge in [-0.1, -0.05) is 31.4 Å². The highest BCUT2D eigenvalue weighted by Crippen LogP contribution is 2.34. The number of nitrogens with zero attached hydrogens (tertiary/aromatic N) is 2. The van der Waals surface area contributed by atoms with Crippen LogP contribution in [0, 0.1) is 0 Å². The molecule has 0 radical (unpaired) electrons. The van der Waals surface area contributed by atoms with E-state index < -0.39 is 0 Å². The third-order valence-electron chi connectivity index (χ3n) is 3.36. The minimum atomic E-state index is 0.193. The van der Waals surface area contributed by atoms with Crippen LogP contribution >= 0.6 is 11.6 Å². The van der Waals surface area contributed by atoms with Crippen molar-refractivity contribution in [2.75, 3.05) is 13.7 Å². The fraction of sp³-hybridized carbons (Fsp3) is 0.692. The maximum absolute atomic E-state index is 6.08. The summed E-state index contributed by atoms with van der Waals surface area (Å²) in [5, 5.41) is 0.555. The Morgan fingerprint density at radius 3 is 2.76 bits per heavy atom. The molecule has 1 aliphatic carbocycles. The first-order valence-electron chi connectivity index (χ1n) is 6.24. The van der Waals surface area contributed by atoms with Crippen molar-refractivity contribution in [1.82, 2.24) is 9.97 Å². The Balaban J connectivity index is 2.22. The molecule has 1 aromatic heterocycles. The highest BCUT2D eigenvalue weighted by Gasteiger charge is 2.20. The van der Waals surface area contributed by atoms with E-state index in [1.807, 2.05) is 6.07 Å². The van der Waals surface area contributed by atoms with Crippen LogP contribution in [0.4, 0.5) is 0 Å². The van der Waals surface area contributed by atoms with Crippen LogP contribution in [0.2, 0.25) is 5.15 Å². The highest BCUT2D eigenvalue weighted by molar-refractivity contribution is 6.29. The van der Waals surface area contributed by atoms with E-state index in [1.165, 1.54) is 25.7 Å². The van der Waals surface area contributed by atoms with E-state index in [0.29, 0.717) is 17.7 Å². The number of hydrogen-bond donors (Lipinski definition) is 0. The smallest absolute Gasteiger partial charge is 0.135 e. The van der Waals surface area contributed by atoms with E-state index in [2.05, 4.69) is 16.9 Å².